The Bertz CT molecular complexity index is 438. The first-order valence-electron chi connectivity index (χ1n) is 7.73. The molecule has 0 unspecified atom stereocenters. The number of hydrogen-bond acceptors (Lipinski definition) is 5. The zero-order chi connectivity index (χ0) is 14.5. The van der Waals surface area contributed by atoms with Crippen molar-refractivity contribution in [1.29, 1.82) is 0 Å². The lowest BCUT2D eigenvalue weighted by molar-refractivity contribution is 0.198. The first kappa shape index (κ1) is 15.0. The van der Waals surface area contributed by atoms with Crippen molar-refractivity contribution in [3.63, 3.8) is 0 Å². The first-order chi connectivity index (χ1) is 9.63. The zero-order valence-corrected chi connectivity index (χ0v) is 12.9. The van der Waals surface area contributed by atoms with Crippen molar-refractivity contribution >= 4 is 11.6 Å². The first-order valence-corrected chi connectivity index (χ1v) is 7.73. The molecule has 0 atom stereocenters. The predicted molar refractivity (Wildman–Crippen MR) is 83.9 cm³/mol. The number of nitrogens with one attached hydrogen (secondary N) is 1. The van der Waals surface area contributed by atoms with Crippen LogP contribution in [0.4, 0.5) is 11.6 Å². The molecule has 0 saturated carbocycles. The molecule has 2 rings (SSSR count). The van der Waals surface area contributed by atoms with E-state index in [1.54, 1.807) is 0 Å². The average molecular weight is 277 g/mol. The van der Waals surface area contributed by atoms with Gasteiger partial charge in [0, 0.05) is 18.5 Å². The molecule has 3 N–H and O–H groups in total. The van der Waals surface area contributed by atoms with Gasteiger partial charge in [-0.3, -0.25) is 0 Å². The molecule has 1 saturated heterocycles. The van der Waals surface area contributed by atoms with E-state index >= 15 is 0 Å². The van der Waals surface area contributed by atoms with Crippen LogP contribution in [0.5, 0.6) is 0 Å². The van der Waals surface area contributed by atoms with Gasteiger partial charge in [-0.05, 0) is 45.3 Å². The lowest BCUT2D eigenvalue weighted by Crippen LogP contribution is -2.35. The minimum atomic E-state index is 0.597. The highest BCUT2D eigenvalue weighted by Gasteiger charge is 2.18. The van der Waals surface area contributed by atoms with Crippen LogP contribution < -0.4 is 11.1 Å². The zero-order valence-electron chi connectivity index (χ0n) is 12.9. The summed E-state index contributed by atoms with van der Waals surface area (Å²) in [6.45, 7) is 10.9. The topological polar surface area (TPSA) is 67.1 Å². The summed E-state index contributed by atoms with van der Waals surface area (Å²) in [6, 6.07) is 0. The number of aryl methyl sites for hydroxylation is 1. The maximum Gasteiger partial charge on any atom is 0.134 e. The van der Waals surface area contributed by atoms with Gasteiger partial charge in [-0.15, -0.1) is 0 Å². The van der Waals surface area contributed by atoms with Crippen molar-refractivity contribution in [2.45, 2.75) is 40.0 Å². The maximum atomic E-state index is 5.94. The highest BCUT2D eigenvalue weighted by atomic mass is 15.1. The van der Waals surface area contributed by atoms with Gasteiger partial charge < -0.3 is 16.0 Å². The second kappa shape index (κ2) is 6.88. The van der Waals surface area contributed by atoms with Crippen LogP contribution in [-0.4, -0.2) is 41.0 Å². The lowest BCUT2D eigenvalue weighted by atomic mass is 9.97. The molecule has 0 amide bonds. The van der Waals surface area contributed by atoms with Crippen molar-refractivity contribution in [1.82, 2.24) is 14.9 Å². The fraction of sp³-hybridized carbons (Fsp3) is 0.733. The van der Waals surface area contributed by atoms with Crippen LogP contribution in [0.1, 0.15) is 38.1 Å². The monoisotopic (exact) mass is 277 g/mol. The van der Waals surface area contributed by atoms with E-state index in [1.807, 2.05) is 13.8 Å². The van der Waals surface area contributed by atoms with Gasteiger partial charge in [0.2, 0.25) is 0 Å². The summed E-state index contributed by atoms with van der Waals surface area (Å²) in [5, 5.41) is 3.48. The third-order valence-electron chi connectivity index (χ3n) is 4.26. The molecule has 5 heteroatoms. The summed E-state index contributed by atoms with van der Waals surface area (Å²) in [5.41, 5.74) is 6.91. The molecule has 1 aliphatic rings. The van der Waals surface area contributed by atoms with Crippen LogP contribution in [0, 0.1) is 12.8 Å². The molecule has 20 heavy (non-hydrogen) atoms. The number of nitrogens with two attached hydrogens (primary N) is 1. The number of rotatable bonds is 5. The van der Waals surface area contributed by atoms with Gasteiger partial charge in [-0.1, -0.05) is 13.8 Å². The lowest BCUT2D eigenvalue weighted by Gasteiger charge is -2.31. The molecule has 0 radical (unpaired) electrons. The molecule has 1 aliphatic heterocycles. The molecule has 1 aromatic heterocycles. The number of nitrogen functional groups attached to an aromatic ring is 1. The van der Waals surface area contributed by atoms with Gasteiger partial charge in [0.15, 0.2) is 0 Å². The molecule has 5 nitrogen and oxygen atoms in total. The quantitative estimate of drug-likeness (QED) is 0.862. The van der Waals surface area contributed by atoms with Gasteiger partial charge in [0.25, 0.3) is 0 Å². The Morgan fingerprint density at radius 2 is 1.95 bits per heavy atom. The normalized spacial score (nSPS) is 17.4. The molecule has 0 spiro atoms. The summed E-state index contributed by atoms with van der Waals surface area (Å²) < 4.78 is 0. The molecular formula is C15H27N5. The van der Waals surface area contributed by atoms with Crippen molar-refractivity contribution in [3.8, 4) is 0 Å². The molecule has 112 valence electrons. The minimum Gasteiger partial charge on any atom is -0.383 e. The van der Waals surface area contributed by atoms with Crippen molar-refractivity contribution in [2.24, 2.45) is 5.92 Å². The predicted octanol–water partition coefficient (Wildman–Crippen LogP) is 2.07. The van der Waals surface area contributed by atoms with Gasteiger partial charge in [0.05, 0.1) is 0 Å². The van der Waals surface area contributed by atoms with E-state index in [0.717, 1.165) is 36.1 Å². The number of piperidine rings is 1. The van der Waals surface area contributed by atoms with Crippen LogP contribution in [0.3, 0.4) is 0 Å². The largest absolute Gasteiger partial charge is 0.383 e. The van der Waals surface area contributed by atoms with E-state index < -0.39 is 0 Å². The highest BCUT2D eigenvalue weighted by molar-refractivity contribution is 5.54. The SMILES string of the molecule is CCc1nc(N)c(C)c(NCC2CCN(CC)CC2)n1. The van der Waals surface area contributed by atoms with Crippen LogP contribution in [0.2, 0.25) is 0 Å². The van der Waals surface area contributed by atoms with Crippen LogP contribution in [0.15, 0.2) is 0 Å². The fourth-order valence-electron chi connectivity index (χ4n) is 2.66. The Morgan fingerprint density at radius 3 is 2.55 bits per heavy atom. The van der Waals surface area contributed by atoms with Crippen LogP contribution in [0.25, 0.3) is 0 Å². The standard InChI is InChI=1S/C15H27N5/c1-4-13-18-14(16)11(3)15(19-13)17-10-12-6-8-20(5-2)9-7-12/h12H,4-10H2,1-3H3,(H3,16,17,18,19). The van der Waals surface area contributed by atoms with E-state index in [0.29, 0.717) is 5.82 Å². The third kappa shape index (κ3) is 3.60. The van der Waals surface area contributed by atoms with Crippen LogP contribution in [-0.2, 0) is 6.42 Å². The fourth-order valence-corrected chi connectivity index (χ4v) is 2.66. The van der Waals surface area contributed by atoms with E-state index in [9.17, 15) is 0 Å². The Balaban J connectivity index is 1.92. The smallest absolute Gasteiger partial charge is 0.134 e. The van der Waals surface area contributed by atoms with E-state index in [4.69, 9.17) is 5.73 Å². The van der Waals surface area contributed by atoms with Crippen LogP contribution >= 0.6 is 0 Å². The summed E-state index contributed by atoms with van der Waals surface area (Å²) in [5.74, 6) is 3.06. The summed E-state index contributed by atoms with van der Waals surface area (Å²) >= 11 is 0. The Kier molecular flexibility index (Phi) is 5.17. The second-order valence-electron chi connectivity index (χ2n) is 5.61. The average Bonchev–Trinajstić information content (AvgIpc) is 2.49. The molecule has 1 fully saturated rings. The van der Waals surface area contributed by atoms with E-state index in [-0.39, 0.29) is 0 Å². The van der Waals surface area contributed by atoms with Gasteiger partial charge >= 0.3 is 0 Å². The van der Waals surface area contributed by atoms with Gasteiger partial charge in [0.1, 0.15) is 17.5 Å². The van der Waals surface area contributed by atoms with E-state index in [1.165, 1.54) is 32.5 Å². The maximum absolute atomic E-state index is 5.94. The molecule has 0 bridgehead atoms. The van der Waals surface area contributed by atoms with Gasteiger partial charge in [-0.2, -0.15) is 0 Å². The highest BCUT2D eigenvalue weighted by Crippen LogP contribution is 2.21. The van der Waals surface area contributed by atoms with Crippen molar-refractivity contribution in [3.05, 3.63) is 11.4 Å². The summed E-state index contributed by atoms with van der Waals surface area (Å²) in [6.07, 6.45) is 3.34. The second-order valence-corrected chi connectivity index (χ2v) is 5.61. The summed E-state index contributed by atoms with van der Waals surface area (Å²) in [7, 11) is 0. The minimum absolute atomic E-state index is 0.597. The molecular weight excluding hydrogens is 250 g/mol. The Morgan fingerprint density at radius 1 is 1.25 bits per heavy atom. The van der Waals surface area contributed by atoms with Crippen molar-refractivity contribution < 1.29 is 0 Å². The number of likely N-dealkylation sites (tertiary alicyclic amines) is 1. The number of nitrogens with zero attached hydrogens (tertiary/aromatic N) is 3. The Labute approximate surface area is 122 Å². The number of aromatic nitrogens is 2. The number of hydrogen-bond donors (Lipinski definition) is 2. The summed E-state index contributed by atoms with van der Waals surface area (Å²) in [4.78, 5) is 11.4. The molecule has 0 aromatic carbocycles. The molecule has 2 heterocycles. The number of anilines is 2. The molecule has 0 aliphatic carbocycles. The molecule has 1 aromatic rings. The Hall–Kier alpha value is -1.36. The van der Waals surface area contributed by atoms with Gasteiger partial charge in [-0.25, -0.2) is 9.97 Å². The van der Waals surface area contributed by atoms with E-state index in [2.05, 4.69) is 27.1 Å². The third-order valence-corrected chi connectivity index (χ3v) is 4.26. The van der Waals surface area contributed by atoms with Crippen molar-refractivity contribution in [2.75, 3.05) is 37.2 Å².